The summed E-state index contributed by atoms with van der Waals surface area (Å²) in [4.78, 5) is 22.4. The smallest absolute Gasteiger partial charge is 0.309 e. The molecule has 1 saturated carbocycles. The van der Waals surface area contributed by atoms with Crippen LogP contribution in [0, 0.1) is 10.8 Å². The quantitative estimate of drug-likeness (QED) is 0.229. The van der Waals surface area contributed by atoms with Crippen molar-refractivity contribution in [1.82, 2.24) is 0 Å². The molecule has 0 amide bonds. The van der Waals surface area contributed by atoms with Crippen LogP contribution in [0.2, 0.25) is 0 Å². The number of aromatic hydroxyl groups is 2. The molecule has 1 fully saturated rings. The highest BCUT2D eigenvalue weighted by atomic mass is 16.4. The Morgan fingerprint density at radius 3 is 2.06 bits per heavy atom. The Morgan fingerprint density at radius 1 is 0.875 bits per heavy atom. The average Bonchev–Trinajstić information content (AvgIpc) is 3.52. The maximum absolute atomic E-state index is 11.2. The van der Waals surface area contributed by atoms with Gasteiger partial charge in [-0.15, -0.1) is 0 Å². The Labute approximate surface area is 191 Å². The number of benzene rings is 1. The summed E-state index contributed by atoms with van der Waals surface area (Å²) in [5.74, 6) is -1.10. The molecule has 1 aromatic rings. The van der Waals surface area contributed by atoms with Crippen LogP contribution in [-0.4, -0.2) is 32.4 Å². The number of hydrogen-bond acceptors (Lipinski definition) is 4. The molecular weight excluding hydrogens is 408 g/mol. The van der Waals surface area contributed by atoms with Crippen LogP contribution in [0.1, 0.15) is 102 Å². The normalized spacial score (nSPS) is 14.9. The van der Waals surface area contributed by atoms with Crippen molar-refractivity contribution >= 4 is 11.9 Å². The first kappa shape index (κ1) is 26.0. The zero-order valence-electron chi connectivity index (χ0n) is 19.7. The highest BCUT2D eigenvalue weighted by Crippen LogP contribution is 2.50. The molecule has 0 atom stereocenters. The Balaban J connectivity index is 1.68. The number of aryl methyl sites for hydroxylation is 1. The number of unbranched alkanes of at least 4 members (excludes halogenated alkanes) is 6. The summed E-state index contributed by atoms with van der Waals surface area (Å²) < 4.78 is 0. The van der Waals surface area contributed by atoms with Crippen LogP contribution < -0.4 is 0 Å². The van der Waals surface area contributed by atoms with E-state index in [-0.39, 0.29) is 11.5 Å². The summed E-state index contributed by atoms with van der Waals surface area (Å²) in [7, 11) is 0. The first-order chi connectivity index (χ1) is 15.1. The van der Waals surface area contributed by atoms with Gasteiger partial charge in [0.05, 0.1) is 10.8 Å². The van der Waals surface area contributed by atoms with Gasteiger partial charge in [-0.05, 0) is 76.8 Å². The molecule has 1 aliphatic rings. The van der Waals surface area contributed by atoms with E-state index in [1.54, 1.807) is 26.0 Å². The van der Waals surface area contributed by atoms with Crippen LogP contribution in [-0.2, 0) is 22.4 Å². The van der Waals surface area contributed by atoms with Gasteiger partial charge in [0.15, 0.2) is 0 Å². The number of aliphatic carboxylic acids is 2. The molecule has 0 bridgehead atoms. The van der Waals surface area contributed by atoms with Crippen molar-refractivity contribution in [3.8, 4) is 11.5 Å². The maximum atomic E-state index is 11.2. The molecule has 0 spiro atoms. The van der Waals surface area contributed by atoms with Crippen molar-refractivity contribution in [2.75, 3.05) is 0 Å². The van der Waals surface area contributed by atoms with Crippen LogP contribution in [0.3, 0.4) is 0 Å². The summed E-state index contributed by atoms with van der Waals surface area (Å²) in [6.45, 7) is 3.49. The molecule has 2 rings (SSSR count). The van der Waals surface area contributed by atoms with Gasteiger partial charge in [0.1, 0.15) is 11.5 Å². The first-order valence-corrected chi connectivity index (χ1v) is 12.1. The van der Waals surface area contributed by atoms with Gasteiger partial charge in [-0.1, -0.05) is 44.6 Å². The summed E-state index contributed by atoms with van der Waals surface area (Å²) in [6, 6.07) is 3.44. The maximum Gasteiger partial charge on any atom is 0.309 e. The monoisotopic (exact) mass is 448 g/mol. The van der Waals surface area contributed by atoms with Gasteiger partial charge < -0.3 is 20.4 Å². The minimum Gasteiger partial charge on any atom is -0.508 e. The van der Waals surface area contributed by atoms with Gasteiger partial charge in [-0.3, -0.25) is 9.59 Å². The van der Waals surface area contributed by atoms with Crippen LogP contribution in [0.5, 0.6) is 11.5 Å². The van der Waals surface area contributed by atoms with Crippen LogP contribution in [0.25, 0.3) is 0 Å². The zero-order valence-corrected chi connectivity index (χ0v) is 19.7. The molecule has 180 valence electrons. The Bertz CT molecular complexity index is 779. The van der Waals surface area contributed by atoms with E-state index in [0.717, 1.165) is 82.6 Å². The lowest BCUT2D eigenvalue weighted by Crippen LogP contribution is -2.23. The molecule has 0 heterocycles. The molecule has 1 aliphatic carbocycles. The highest BCUT2D eigenvalue weighted by molar-refractivity contribution is 5.77. The van der Waals surface area contributed by atoms with Gasteiger partial charge in [-0.2, -0.15) is 0 Å². The van der Waals surface area contributed by atoms with Crippen molar-refractivity contribution < 1.29 is 30.0 Å². The number of rotatable bonds is 16. The summed E-state index contributed by atoms with van der Waals surface area (Å²) in [6.07, 6.45) is 11.8. The van der Waals surface area contributed by atoms with Crippen molar-refractivity contribution in [1.29, 1.82) is 0 Å². The molecular formula is C26H40O6. The fraction of sp³-hybridized carbons (Fsp3) is 0.692. The topological polar surface area (TPSA) is 115 Å². The van der Waals surface area contributed by atoms with E-state index in [1.165, 1.54) is 0 Å². The van der Waals surface area contributed by atoms with Crippen molar-refractivity contribution in [3.63, 3.8) is 0 Å². The van der Waals surface area contributed by atoms with Crippen LogP contribution in [0.4, 0.5) is 0 Å². The van der Waals surface area contributed by atoms with E-state index in [9.17, 15) is 24.9 Å². The minimum atomic E-state index is -0.767. The fourth-order valence-corrected chi connectivity index (χ4v) is 4.31. The number of phenolic OH excluding ortho intramolecular Hbond substituents is 2. The van der Waals surface area contributed by atoms with Crippen LogP contribution in [0.15, 0.2) is 12.1 Å². The number of hydrogen-bond donors (Lipinski definition) is 4. The van der Waals surface area contributed by atoms with Gasteiger partial charge >= 0.3 is 11.9 Å². The lowest BCUT2D eigenvalue weighted by atomic mass is 9.87. The van der Waals surface area contributed by atoms with Crippen molar-refractivity contribution in [2.45, 2.75) is 104 Å². The first-order valence-electron chi connectivity index (χ1n) is 12.1. The van der Waals surface area contributed by atoms with Gasteiger partial charge in [0.25, 0.3) is 0 Å². The second kappa shape index (κ2) is 11.6. The molecule has 0 aromatic heterocycles. The Kier molecular flexibility index (Phi) is 9.41. The second-order valence-electron chi connectivity index (χ2n) is 10.2. The van der Waals surface area contributed by atoms with E-state index in [2.05, 4.69) is 0 Å². The molecule has 0 unspecified atom stereocenters. The van der Waals surface area contributed by atoms with Crippen LogP contribution >= 0.6 is 0 Å². The number of phenols is 2. The molecule has 1 aromatic carbocycles. The fourth-order valence-electron chi connectivity index (χ4n) is 4.31. The van der Waals surface area contributed by atoms with Crippen molar-refractivity contribution in [3.05, 3.63) is 23.3 Å². The van der Waals surface area contributed by atoms with Gasteiger partial charge in [0.2, 0.25) is 0 Å². The molecule has 0 saturated heterocycles. The largest absolute Gasteiger partial charge is 0.508 e. The third-order valence-electron chi connectivity index (χ3n) is 7.06. The van der Waals surface area contributed by atoms with E-state index in [4.69, 9.17) is 5.11 Å². The Hall–Kier alpha value is -2.24. The zero-order chi connectivity index (χ0) is 23.8. The average molecular weight is 449 g/mol. The van der Waals surface area contributed by atoms with Crippen molar-refractivity contribution in [2.24, 2.45) is 10.8 Å². The van der Waals surface area contributed by atoms with Gasteiger partial charge in [-0.25, -0.2) is 0 Å². The molecule has 6 nitrogen and oxygen atoms in total. The summed E-state index contributed by atoms with van der Waals surface area (Å²) in [5.41, 5.74) is 0.326. The Morgan fingerprint density at radius 2 is 1.47 bits per heavy atom. The predicted molar refractivity (Wildman–Crippen MR) is 124 cm³/mol. The van der Waals surface area contributed by atoms with Gasteiger partial charge in [0, 0.05) is 5.56 Å². The number of carbonyl (C=O) groups is 2. The second-order valence-corrected chi connectivity index (χ2v) is 10.2. The molecule has 6 heteroatoms. The molecule has 4 N–H and O–H groups in total. The van der Waals surface area contributed by atoms with E-state index in [0.29, 0.717) is 18.4 Å². The third kappa shape index (κ3) is 7.42. The van der Waals surface area contributed by atoms with E-state index >= 15 is 0 Å². The lowest BCUT2D eigenvalue weighted by molar-refractivity contribution is -0.147. The molecule has 0 aliphatic heterocycles. The minimum absolute atomic E-state index is 0.127. The predicted octanol–water partition coefficient (Wildman–Crippen LogP) is 6.06. The standard InChI is InChI=1S/C26H40O6/c1-25(2,23(29)30)15-9-5-4-8-12-20-21(27)14-13-19(22(20)28)11-7-3-6-10-16-26(17-18-26)24(31)32/h13-14,27-28H,3-12,15-18H2,1-2H3,(H,29,30)(H,31,32). The third-order valence-corrected chi connectivity index (χ3v) is 7.06. The van der Waals surface area contributed by atoms with E-state index in [1.807, 2.05) is 0 Å². The highest BCUT2D eigenvalue weighted by Gasteiger charge is 2.49. The number of carboxylic acid groups (broad SMARTS) is 2. The molecule has 32 heavy (non-hydrogen) atoms. The number of carboxylic acids is 2. The SMILES string of the molecule is CC(C)(CCCCCCc1c(O)ccc(CCCCCCC2(C(=O)O)CC2)c1O)C(=O)O. The summed E-state index contributed by atoms with van der Waals surface area (Å²) >= 11 is 0. The lowest BCUT2D eigenvalue weighted by Gasteiger charge is -2.18. The summed E-state index contributed by atoms with van der Waals surface area (Å²) in [5, 5.41) is 39.2. The van der Waals surface area contributed by atoms with E-state index < -0.39 is 22.8 Å². The molecule has 0 radical (unpaired) electrons.